The zero-order valence-corrected chi connectivity index (χ0v) is 20.4. The third kappa shape index (κ3) is 3.49. The third-order valence-corrected chi connectivity index (χ3v) is 7.26. The molecule has 7 nitrogen and oxygen atoms in total. The van der Waals surface area contributed by atoms with E-state index in [1.165, 1.54) is 0 Å². The average molecular weight is 492 g/mol. The Balaban J connectivity index is 1.69. The Morgan fingerprint density at radius 1 is 1.17 bits per heavy atom. The van der Waals surface area contributed by atoms with Gasteiger partial charge < -0.3 is 19.1 Å². The molecule has 1 aromatic carbocycles. The van der Waals surface area contributed by atoms with Crippen molar-refractivity contribution in [2.24, 2.45) is 13.0 Å². The molecule has 0 saturated carbocycles. The molecule has 0 bridgehead atoms. The van der Waals surface area contributed by atoms with Crippen LogP contribution >= 0.6 is 0 Å². The van der Waals surface area contributed by atoms with Crippen molar-refractivity contribution in [3.8, 4) is 17.1 Å². The summed E-state index contributed by atoms with van der Waals surface area (Å²) < 4.78 is 45.0. The first kappa shape index (κ1) is 22.7. The van der Waals surface area contributed by atoms with Gasteiger partial charge in [0.05, 0.1) is 35.6 Å². The minimum atomic E-state index is -0.863. The van der Waals surface area contributed by atoms with Crippen LogP contribution in [0.3, 0.4) is 0 Å². The Kier molecular flexibility index (Phi) is 5.52. The molecule has 5 heterocycles. The molecule has 36 heavy (non-hydrogen) atoms. The van der Waals surface area contributed by atoms with Crippen LogP contribution in [-0.2, 0) is 11.8 Å². The maximum Gasteiger partial charge on any atom is 0.214 e. The van der Waals surface area contributed by atoms with E-state index in [-0.39, 0.29) is 5.92 Å². The Hall–Kier alpha value is -3.72. The molecule has 1 N–H and O–H groups in total. The second-order valence-corrected chi connectivity index (χ2v) is 9.37. The number of halogens is 2. The number of fused-ring (bicyclic) bond motifs is 3. The lowest BCUT2D eigenvalue weighted by Crippen LogP contribution is -2.28. The molecule has 4 aromatic heterocycles. The molecule has 1 saturated heterocycles. The van der Waals surface area contributed by atoms with Gasteiger partial charge in [-0.05, 0) is 43.9 Å². The fraction of sp³-hybridized carbons (Fsp3) is 0.333. The Labute approximate surface area is 206 Å². The Bertz CT molecular complexity index is 1560. The number of aromatic nitrogens is 5. The zero-order chi connectivity index (χ0) is 25.0. The van der Waals surface area contributed by atoms with Crippen molar-refractivity contribution in [1.29, 1.82) is 0 Å². The second-order valence-electron chi connectivity index (χ2n) is 9.37. The van der Waals surface area contributed by atoms with Gasteiger partial charge in [-0.2, -0.15) is 4.98 Å². The van der Waals surface area contributed by atoms with Crippen LogP contribution in [0.25, 0.3) is 33.3 Å². The number of benzene rings is 1. The van der Waals surface area contributed by atoms with Crippen LogP contribution in [0.15, 0.2) is 42.6 Å². The first-order valence-electron chi connectivity index (χ1n) is 12.1. The highest BCUT2D eigenvalue weighted by molar-refractivity contribution is 6.05. The number of pyridine rings is 2. The Morgan fingerprint density at radius 3 is 2.69 bits per heavy atom. The topological polar surface area (TPSA) is 69.9 Å². The van der Waals surface area contributed by atoms with Gasteiger partial charge in [-0.3, -0.25) is 9.67 Å². The van der Waals surface area contributed by atoms with Crippen molar-refractivity contribution >= 4 is 22.1 Å². The summed E-state index contributed by atoms with van der Waals surface area (Å²) in [6.07, 6.45) is 3.28. The monoisotopic (exact) mass is 491 g/mol. The van der Waals surface area contributed by atoms with Crippen molar-refractivity contribution < 1.29 is 18.3 Å². The molecule has 1 aliphatic rings. The van der Waals surface area contributed by atoms with Gasteiger partial charge in [0.15, 0.2) is 11.6 Å². The molecule has 1 atom stereocenters. The average Bonchev–Trinajstić information content (AvgIpc) is 3.20. The second kappa shape index (κ2) is 8.74. The molecule has 1 fully saturated rings. The number of nitrogens with zero attached hydrogens (tertiary/aromatic N) is 4. The number of rotatable bonds is 5. The number of aromatic amines is 1. The predicted molar refractivity (Wildman–Crippen MR) is 133 cm³/mol. The van der Waals surface area contributed by atoms with Crippen LogP contribution in [0.4, 0.5) is 8.78 Å². The van der Waals surface area contributed by atoms with Gasteiger partial charge in [0.25, 0.3) is 0 Å². The summed E-state index contributed by atoms with van der Waals surface area (Å²) >= 11 is 0. The SMILES string of the molecule is COc1ccc2c3ncc(-c4c(C)[nH]n4C)cc3n(C(c3cccc(F)c3F)C3CCOCC3)c2n1. The maximum atomic E-state index is 15.4. The van der Waals surface area contributed by atoms with Crippen molar-refractivity contribution in [3.63, 3.8) is 0 Å². The summed E-state index contributed by atoms with van der Waals surface area (Å²) in [6.45, 7) is 3.14. The molecule has 0 radical (unpaired) electrons. The first-order chi connectivity index (χ1) is 17.5. The van der Waals surface area contributed by atoms with Crippen molar-refractivity contribution in [3.05, 3.63) is 65.5 Å². The number of hydrogen-bond donors (Lipinski definition) is 1. The molecular formula is C27H27F2N5O2. The molecule has 6 rings (SSSR count). The summed E-state index contributed by atoms with van der Waals surface area (Å²) in [7, 11) is 3.51. The van der Waals surface area contributed by atoms with E-state index in [1.807, 2.05) is 35.5 Å². The van der Waals surface area contributed by atoms with Gasteiger partial charge in [0.1, 0.15) is 5.65 Å². The van der Waals surface area contributed by atoms with Crippen molar-refractivity contribution in [2.45, 2.75) is 25.8 Å². The lowest BCUT2D eigenvalue weighted by atomic mass is 9.86. The van der Waals surface area contributed by atoms with E-state index < -0.39 is 17.7 Å². The van der Waals surface area contributed by atoms with Gasteiger partial charge in [0.2, 0.25) is 5.88 Å². The smallest absolute Gasteiger partial charge is 0.214 e. The van der Waals surface area contributed by atoms with Gasteiger partial charge in [-0.1, -0.05) is 12.1 Å². The first-order valence-corrected chi connectivity index (χ1v) is 12.1. The number of aryl methyl sites for hydroxylation is 2. The lowest BCUT2D eigenvalue weighted by Gasteiger charge is -2.33. The molecule has 9 heteroatoms. The summed E-state index contributed by atoms with van der Waals surface area (Å²) in [5.74, 6) is -1.24. The highest BCUT2D eigenvalue weighted by atomic mass is 19.2. The Morgan fingerprint density at radius 2 is 1.97 bits per heavy atom. The van der Waals surface area contributed by atoms with Crippen LogP contribution < -0.4 is 4.74 Å². The highest BCUT2D eigenvalue weighted by Crippen LogP contribution is 2.42. The molecule has 5 aromatic rings. The molecule has 0 aliphatic carbocycles. The summed E-state index contributed by atoms with van der Waals surface area (Å²) in [5, 5.41) is 4.05. The third-order valence-electron chi connectivity index (χ3n) is 7.26. The molecule has 0 spiro atoms. The number of H-pyrrole nitrogens is 1. The standard InChI is InChI=1S/C27H27F2N5O2/c1-15-25(33(2)32-15)17-13-21-24(30-14-17)19-7-8-22(35-3)31-27(19)34(21)26(16-9-11-36-12-10-16)18-5-4-6-20(28)23(18)29/h4-8,13-14,16,26,32H,9-12H2,1-3H3. The van der Waals surface area contributed by atoms with E-state index in [1.54, 1.807) is 25.3 Å². The van der Waals surface area contributed by atoms with E-state index in [0.717, 1.165) is 52.3 Å². The van der Waals surface area contributed by atoms with Crippen LogP contribution in [0.5, 0.6) is 5.88 Å². The van der Waals surface area contributed by atoms with Crippen LogP contribution in [0, 0.1) is 24.5 Å². The van der Waals surface area contributed by atoms with Gasteiger partial charge >= 0.3 is 0 Å². The van der Waals surface area contributed by atoms with Gasteiger partial charge in [0, 0.05) is 49.0 Å². The molecular weight excluding hydrogens is 464 g/mol. The zero-order valence-electron chi connectivity index (χ0n) is 20.4. The summed E-state index contributed by atoms with van der Waals surface area (Å²) in [5.41, 5.74) is 5.50. The van der Waals surface area contributed by atoms with Crippen LogP contribution in [0.1, 0.15) is 30.1 Å². The highest BCUT2D eigenvalue weighted by Gasteiger charge is 2.33. The summed E-state index contributed by atoms with van der Waals surface area (Å²) in [6, 6.07) is 9.67. The van der Waals surface area contributed by atoms with Crippen LogP contribution in [0.2, 0.25) is 0 Å². The van der Waals surface area contributed by atoms with E-state index in [4.69, 9.17) is 19.4 Å². The molecule has 1 unspecified atom stereocenters. The summed E-state index contributed by atoms with van der Waals surface area (Å²) in [4.78, 5) is 9.62. The van der Waals surface area contributed by atoms with Gasteiger partial charge in [-0.25, -0.2) is 8.78 Å². The molecule has 1 aliphatic heterocycles. The predicted octanol–water partition coefficient (Wildman–Crippen LogP) is 5.53. The lowest BCUT2D eigenvalue weighted by molar-refractivity contribution is 0.0547. The maximum absolute atomic E-state index is 15.4. The fourth-order valence-electron chi connectivity index (χ4n) is 5.64. The minimum Gasteiger partial charge on any atom is -0.481 e. The molecule has 0 amide bonds. The minimum absolute atomic E-state index is 0.0134. The largest absolute Gasteiger partial charge is 0.481 e. The van der Waals surface area contributed by atoms with E-state index >= 15 is 4.39 Å². The van der Waals surface area contributed by atoms with E-state index in [9.17, 15) is 4.39 Å². The van der Waals surface area contributed by atoms with Crippen molar-refractivity contribution in [1.82, 2.24) is 24.3 Å². The number of ether oxygens (including phenoxy) is 2. The van der Waals surface area contributed by atoms with Crippen LogP contribution in [-0.4, -0.2) is 44.6 Å². The van der Waals surface area contributed by atoms with Crippen molar-refractivity contribution in [2.75, 3.05) is 20.3 Å². The quantitative estimate of drug-likeness (QED) is 0.351. The normalized spacial score (nSPS) is 15.7. The van der Waals surface area contributed by atoms with E-state index in [2.05, 4.69) is 11.2 Å². The number of nitrogens with one attached hydrogen (secondary N) is 1. The fourth-order valence-corrected chi connectivity index (χ4v) is 5.64. The van der Waals surface area contributed by atoms with Gasteiger partial charge in [-0.15, -0.1) is 0 Å². The van der Waals surface area contributed by atoms with E-state index in [0.29, 0.717) is 30.3 Å². The number of methoxy groups -OCH3 is 1. The number of hydrogen-bond acceptors (Lipinski definition) is 4. The molecule has 186 valence electrons.